The maximum Gasteiger partial charge on any atom is 0.166 e. The van der Waals surface area contributed by atoms with E-state index in [0.717, 1.165) is 24.9 Å². The second-order valence-corrected chi connectivity index (χ2v) is 4.81. The van der Waals surface area contributed by atoms with Crippen molar-refractivity contribution in [2.45, 2.75) is 25.8 Å². The molecule has 2 rings (SSSR count). The number of ether oxygens (including phenoxy) is 1. The van der Waals surface area contributed by atoms with Crippen LogP contribution in [0.25, 0.3) is 0 Å². The summed E-state index contributed by atoms with van der Waals surface area (Å²) >= 11 is 5.15. The minimum atomic E-state index is 0.301. The Balaban J connectivity index is 1.63. The van der Waals surface area contributed by atoms with Crippen molar-refractivity contribution < 1.29 is 4.74 Å². The van der Waals surface area contributed by atoms with Crippen LogP contribution in [0.15, 0.2) is 0 Å². The lowest BCUT2D eigenvalue weighted by molar-refractivity contribution is -0.0970. The van der Waals surface area contributed by atoms with Gasteiger partial charge in [0.15, 0.2) is 5.11 Å². The van der Waals surface area contributed by atoms with Gasteiger partial charge in [0.05, 0.1) is 13.2 Å². The molecule has 0 aromatic carbocycles. The highest BCUT2D eigenvalue weighted by Gasteiger charge is 2.33. The van der Waals surface area contributed by atoms with Crippen LogP contribution in [-0.2, 0) is 4.74 Å². The highest BCUT2D eigenvalue weighted by atomic mass is 32.1. The van der Waals surface area contributed by atoms with E-state index in [0.29, 0.717) is 11.5 Å². The van der Waals surface area contributed by atoms with Crippen molar-refractivity contribution >= 4 is 17.3 Å². The lowest BCUT2D eigenvalue weighted by Gasteiger charge is -2.38. The second-order valence-electron chi connectivity index (χ2n) is 4.40. The van der Waals surface area contributed by atoms with Gasteiger partial charge in [-0.15, -0.1) is 0 Å². The van der Waals surface area contributed by atoms with Crippen LogP contribution in [0.4, 0.5) is 0 Å². The second kappa shape index (κ2) is 3.42. The molecule has 0 aromatic rings. The maximum atomic E-state index is 5.16. The van der Waals surface area contributed by atoms with E-state index in [9.17, 15) is 0 Å². The molecule has 0 bridgehead atoms. The van der Waals surface area contributed by atoms with E-state index in [4.69, 9.17) is 17.0 Å². The van der Waals surface area contributed by atoms with Gasteiger partial charge in [-0.25, -0.2) is 0 Å². The van der Waals surface area contributed by atoms with Gasteiger partial charge in [-0.3, -0.25) is 0 Å². The summed E-state index contributed by atoms with van der Waals surface area (Å²) in [5.41, 5.74) is 0.301. The summed E-state index contributed by atoms with van der Waals surface area (Å²) in [6, 6.07) is 0.644. The Hall–Kier alpha value is -0.350. The quantitative estimate of drug-likeness (QED) is 0.655. The lowest BCUT2D eigenvalue weighted by Crippen LogP contribution is -2.50. The predicted molar refractivity (Wildman–Crippen MR) is 55.7 cm³/mol. The molecule has 3 nitrogen and oxygen atoms in total. The normalized spacial score (nSPS) is 24.7. The molecule has 0 atom stereocenters. The molecule has 1 saturated carbocycles. The Morgan fingerprint density at radius 1 is 1.54 bits per heavy atom. The Morgan fingerprint density at radius 2 is 2.23 bits per heavy atom. The minimum absolute atomic E-state index is 0.301. The zero-order valence-electron chi connectivity index (χ0n) is 7.93. The van der Waals surface area contributed by atoms with E-state index in [1.165, 1.54) is 12.8 Å². The fourth-order valence-electron chi connectivity index (χ4n) is 1.31. The molecule has 4 heteroatoms. The first-order chi connectivity index (χ1) is 6.18. The summed E-state index contributed by atoms with van der Waals surface area (Å²) in [5, 5.41) is 7.29. The van der Waals surface area contributed by atoms with Gasteiger partial charge in [0.25, 0.3) is 0 Å². The van der Waals surface area contributed by atoms with E-state index in [-0.39, 0.29) is 0 Å². The van der Waals surface area contributed by atoms with Gasteiger partial charge in [0.2, 0.25) is 0 Å². The number of nitrogens with one attached hydrogen (secondary N) is 2. The van der Waals surface area contributed by atoms with Crippen molar-refractivity contribution in [3.05, 3.63) is 0 Å². The summed E-state index contributed by atoms with van der Waals surface area (Å²) in [5.74, 6) is 0. The number of hydrogen-bond donors (Lipinski definition) is 2. The van der Waals surface area contributed by atoms with Gasteiger partial charge >= 0.3 is 0 Å². The van der Waals surface area contributed by atoms with Gasteiger partial charge < -0.3 is 15.4 Å². The van der Waals surface area contributed by atoms with E-state index < -0.39 is 0 Å². The molecule has 0 spiro atoms. The van der Waals surface area contributed by atoms with Crippen molar-refractivity contribution in [1.82, 2.24) is 10.6 Å². The fraction of sp³-hybridized carbons (Fsp3) is 0.889. The molecule has 1 heterocycles. The SMILES string of the molecule is CC1(CNC(=S)NC2CC2)COC1. The Morgan fingerprint density at radius 3 is 2.69 bits per heavy atom. The van der Waals surface area contributed by atoms with E-state index in [1.54, 1.807) is 0 Å². The van der Waals surface area contributed by atoms with Crippen molar-refractivity contribution in [3.8, 4) is 0 Å². The Kier molecular flexibility index (Phi) is 2.43. The van der Waals surface area contributed by atoms with Crippen LogP contribution < -0.4 is 10.6 Å². The topological polar surface area (TPSA) is 33.3 Å². The molecule has 0 unspecified atom stereocenters. The standard InChI is InChI=1S/C9H16N2OS/c1-9(5-12-6-9)4-10-8(13)11-7-2-3-7/h7H,2-6H2,1H3,(H2,10,11,13). The van der Waals surface area contributed by atoms with E-state index >= 15 is 0 Å². The molecule has 0 amide bonds. The van der Waals surface area contributed by atoms with Gasteiger partial charge in [-0.2, -0.15) is 0 Å². The van der Waals surface area contributed by atoms with Gasteiger partial charge in [0.1, 0.15) is 0 Å². The summed E-state index contributed by atoms with van der Waals surface area (Å²) in [6.45, 7) is 4.84. The molecular formula is C9H16N2OS. The van der Waals surface area contributed by atoms with Crippen LogP contribution in [-0.4, -0.2) is 30.9 Å². The predicted octanol–water partition coefficient (Wildman–Crippen LogP) is 0.649. The first-order valence-corrected chi connectivity index (χ1v) is 5.21. The molecule has 0 aromatic heterocycles. The number of hydrogen-bond acceptors (Lipinski definition) is 2. The monoisotopic (exact) mass is 200 g/mol. The Labute approximate surface area is 84.2 Å². The lowest BCUT2D eigenvalue weighted by atomic mass is 9.89. The summed E-state index contributed by atoms with van der Waals surface area (Å²) < 4.78 is 5.16. The molecule has 1 aliphatic heterocycles. The molecule has 2 fully saturated rings. The number of rotatable bonds is 3. The van der Waals surface area contributed by atoms with Crippen LogP contribution in [0.3, 0.4) is 0 Å². The third-order valence-electron chi connectivity index (χ3n) is 2.49. The highest BCUT2D eigenvalue weighted by Crippen LogP contribution is 2.25. The molecule has 74 valence electrons. The molecule has 2 aliphatic rings. The highest BCUT2D eigenvalue weighted by molar-refractivity contribution is 7.80. The van der Waals surface area contributed by atoms with Crippen LogP contribution in [0.5, 0.6) is 0 Å². The first kappa shape index (κ1) is 9.21. The Bertz CT molecular complexity index is 212. The maximum absolute atomic E-state index is 5.16. The molecule has 1 saturated heterocycles. The van der Waals surface area contributed by atoms with Crippen LogP contribution in [0.2, 0.25) is 0 Å². The fourth-order valence-corrected chi connectivity index (χ4v) is 1.55. The molecule has 2 N–H and O–H groups in total. The smallest absolute Gasteiger partial charge is 0.166 e. The summed E-state index contributed by atoms with van der Waals surface area (Å²) in [6.07, 6.45) is 2.53. The average Bonchev–Trinajstić information content (AvgIpc) is 2.81. The van der Waals surface area contributed by atoms with Crippen LogP contribution >= 0.6 is 12.2 Å². The van der Waals surface area contributed by atoms with Crippen molar-refractivity contribution in [3.63, 3.8) is 0 Å². The zero-order chi connectivity index (χ0) is 9.31. The van der Waals surface area contributed by atoms with Gasteiger partial charge in [-0.1, -0.05) is 6.92 Å². The number of thiocarbonyl (C=S) groups is 1. The van der Waals surface area contributed by atoms with Crippen LogP contribution in [0.1, 0.15) is 19.8 Å². The molecule has 1 aliphatic carbocycles. The van der Waals surface area contributed by atoms with Crippen molar-refractivity contribution in [2.75, 3.05) is 19.8 Å². The van der Waals surface area contributed by atoms with Gasteiger partial charge in [0, 0.05) is 18.0 Å². The van der Waals surface area contributed by atoms with Crippen molar-refractivity contribution in [2.24, 2.45) is 5.41 Å². The van der Waals surface area contributed by atoms with Gasteiger partial charge in [-0.05, 0) is 25.1 Å². The van der Waals surface area contributed by atoms with Crippen LogP contribution in [0, 0.1) is 5.41 Å². The van der Waals surface area contributed by atoms with E-state index in [2.05, 4.69) is 17.6 Å². The summed E-state index contributed by atoms with van der Waals surface area (Å²) in [7, 11) is 0. The third-order valence-corrected chi connectivity index (χ3v) is 2.75. The molecule has 0 radical (unpaired) electrons. The minimum Gasteiger partial charge on any atom is -0.380 e. The molecular weight excluding hydrogens is 184 g/mol. The van der Waals surface area contributed by atoms with Crippen molar-refractivity contribution in [1.29, 1.82) is 0 Å². The summed E-state index contributed by atoms with van der Waals surface area (Å²) in [4.78, 5) is 0. The zero-order valence-corrected chi connectivity index (χ0v) is 8.75. The first-order valence-electron chi connectivity index (χ1n) is 4.80. The molecule has 13 heavy (non-hydrogen) atoms. The average molecular weight is 200 g/mol. The third kappa shape index (κ3) is 2.54. The largest absolute Gasteiger partial charge is 0.380 e. The van der Waals surface area contributed by atoms with E-state index in [1.807, 2.05) is 0 Å².